The lowest BCUT2D eigenvalue weighted by Gasteiger charge is -2.21. The smallest absolute Gasteiger partial charge is 0.216 e. The van der Waals surface area contributed by atoms with Gasteiger partial charge in [0.15, 0.2) is 5.96 Å². The second-order valence-corrected chi connectivity index (χ2v) is 8.71. The molecule has 1 fully saturated rings. The van der Waals surface area contributed by atoms with Crippen molar-refractivity contribution >= 4 is 11.6 Å². The molecule has 0 radical (unpaired) electrons. The van der Waals surface area contributed by atoms with Crippen LogP contribution in [0.25, 0.3) is 0 Å². The van der Waals surface area contributed by atoms with Gasteiger partial charge in [0.1, 0.15) is 23.8 Å². The Morgan fingerprint density at radius 3 is 2.52 bits per heavy atom. The summed E-state index contributed by atoms with van der Waals surface area (Å²) in [5, 5.41) is 6.87. The Bertz CT molecular complexity index is 865. The number of ether oxygens (including phenoxy) is 2. The Hall–Kier alpha value is -2.90. The molecule has 1 aliphatic rings. The molecule has 1 saturated heterocycles. The molecule has 0 bridgehead atoms. The van der Waals surface area contributed by atoms with E-state index in [2.05, 4.69) is 53.2 Å². The fourth-order valence-electron chi connectivity index (χ4n) is 3.48. The second-order valence-electron chi connectivity index (χ2n) is 8.71. The van der Waals surface area contributed by atoms with E-state index in [1.165, 1.54) is 0 Å². The van der Waals surface area contributed by atoms with Crippen molar-refractivity contribution in [3.63, 3.8) is 0 Å². The molecule has 2 N–H and O–H groups in total. The number of oxazole rings is 1. The van der Waals surface area contributed by atoms with Gasteiger partial charge in [-0.1, -0.05) is 20.8 Å². The molecule has 2 aromatic rings. The molecule has 0 saturated carbocycles. The summed E-state index contributed by atoms with van der Waals surface area (Å²) in [5.41, 5.74) is 1.03. The van der Waals surface area contributed by atoms with Crippen molar-refractivity contribution < 1.29 is 13.9 Å². The Kier molecular flexibility index (Phi) is 7.30. The lowest BCUT2D eigenvalue weighted by atomic mass is 9.94. The molecule has 1 unspecified atom stereocenters. The van der Waals surface area contributed by atoms with E-state index in [1.807, 2.05) is 18.2 Å². The number of guanidine groups is 1. The Balaban J connectivity index is 1.63. The summed E-state index contributed by atoms with van der Waals surface area (Å²) in [6.45, 7) is 11.4. The highest BCUT2D eigenvalue weighted by Gasteiger charge is 2.24. The highest BCUT2D eigenvalue weighted by atomic mass is 16.5. The van der Waals surface area contributed by atoms with E-state index in [-0.39, 0.29) is 11.5 Å². The predicted molar refractivity (Wildman–Crippen MR) is 123 cm³/mol. The number of aliphatic imine (C=N–C) groups is 1. The minimum atomic E-state index is -0.0617. The number of anilines is 1. The van der Waals surface area contributed by atoms with Gasteiger partial charge in [-0.3, -0.25) is 0 Å². The minimum absolute atomic E-state index is 0.0617. The first-order valence-corrected chi connectivity index (χ1v) is 10.8. The molecule has 0 amide bonds. The summed E-state index contributed by atoms with van der Waals surface area (Å²) in [6.07, 6.45) is 2.81. The van der Waals surface area contributed by atoms with Crippen LogP contribution in [0, 0.1) is 0 Å². The van der Waals surface area contributed by atoms with E-state index >= 15 is 0 Å². The maximum Gasteiger partial charge on any atom is 0.216 e. The summed E-state index contributed by atoms with van der Waals surface area (Å²) < 4.78 is 16.7. The first-order valence-electron chi connectivity index (χ1n) is 10.8. The van der Waals surface area contributed by atoms with Gasteiger partial charge in [0.25, 0.3) is 0 Å². The van der Waals surface area contributed by atoms with Gasteiger partial charge in [0.2, 0.25) is 5.89 Å². The van der Waals surface area contributed by atoms with Crippen molar-refractivity contribution in [3.8, 4) is 11.5 Å². The van der Waals surface area contributed by atoms with Gasteiger partial charge in [-0.25, -0.2) is 9.98 Å². The molecular weight excluding hydrogens is 394 g/mol. The number of methoxy groups -OCH3 is 2. The van der Waals surface area contributed by atoms with Crippen LogP contribution in [0.1, 0.15) is 45.8 Å². The zero-order valence-electron chi connectivity index (χ0n) is 19.5. The van der Waals surface area contributed by atoms with Gasteiger partial charge >= 0.3 is 0 Å². The van der Waals surface area contributed by atoms with E-state index < -0.39 is 0 Å². The van der Waals surface area contributed by atoms with Gasteiger partial charge in [0.05, 0.1) is 20.4 Å². The molecule has 3 rings (SSSR count). The van der Waals surface area contributed by atoms with Crippen LogP contribution in [0.2, 0.25) is 0 Å². The summed E-state index contributed by atoms with van der Waals surface area (Å²) in [7, 11) is 3.34. The second kappa shape index (κ2) is 9.94. The number of rotatable bonds is 7. The monoisotopic (exact) mass is 429 g/mol. The minimum Gasteiger partial charge on any atom is -0.497 e. The molecule has 8 heteroatoms. The highest BCUT2D eigenvalue weighted by molar-refractivity contribution is 5.80. The van der Waals surface area contributed by atoms with E-state index in [9.17, 15) is 0 Å². The largest absolute Gasteiger partial charge is 0.497 e. The topological polar surface area (TPSA) is 84.2 Å². The van der Waals surface area contributed by atoms with Gasteiger partial charge < -0.3 is 29.4 Å². The zero-order valence-corrected chi connectivity index (χ0v) is 19.5. The standard InChI is InChI=1S/C23H35N5O3/c1-7-24-22(26-14-21-25-13-20(31-21)23(2,3)4)27-16-8-9-28(15-16)17-10-18(29-5)12-19(11-17)30-6/h10-13,16H,7-9,14-15H2,1-6H3,(H2,24,26,27). The lowest BCUT2D eigenvalue weighted by molar-refractivity contribution is 0.383. The molecule has 0 spiro atoms. The Labute approximate surface area is 185 Å². The number of hydrogen-bond donors (Lipinski definition) is 2. The first kappa shape index (κ1) is 22.8. The highest BCUT2D eigenvalue weighted by Crippen LogP contribution is 2.30. The summed E-state index contributed by atoms with van der Waals surface area (Å²) >= 11 is 0. The molecule has 170 valence electrons. The van der Waals surface area contributed by atoms with Crippen molar-refractivity contribution in [3.05, 3.63) is 36.0 Å². The normalized spacial score (nSPS) is 17.0. The van der Waals surface area contributed by atoms with E-state index in [0.717, 1.165) is 55.0 Å². The van der Waals surface area contributed by atoms with Gasteiger partial charge in [0, 0.05) is 55.0 Å². The molecule has 1 aliphatic heterocycles. The lowest BCUT2D eigenvalue weighted by Crippen LogP contribution is -2.44. The molecular formula is C23H35N5O3. The SMILES string of the molecule is CCNC(=NCc1ncc(C(C)(C)C)o1)NC1CCN(c2cc(OC)cc(OC)c2)C1. The predicted octanol–water partition coefficient (Wildman–Crippen LogP) is 3.32. The third-order valence-corrected chi connectivity index (χ3v) is 5.24. The summed E-state index contributed by atoms with van der Waals surface area (Å²) in [6, 6.07) is 6.25. The molecule has 1 aromatic heterocycles. The molecule has 31 heavy (non-hydrogen) atoms. The number of aromatic nitrogens is 1. The zero-order chi connectivity index (χ0) is 22.4. The average Bonchev–Trinajstić information content (AvgIpc) is 3.41. The van der Waals surface area contributed by atoms with Crippen LogP contribution in [0.4, 0.5) is 5.69 Å². The van der Waals surface area contributed by atoms with Crippen molar-refractivity contribution in [1.82, 2.24) is 15.6 Å². The van der Waals surface area contributed by atoms with Gasteiger partial charge in [-0.15, -0.1) is 0 Å². The van der Waals surface area contributed by atoms with E-state index in [4.69, 9.17) is 13.9 Å². The quantitative estimate of drug-likeness (QED) is 0.516. The molecule has 0 aliphatic carbocycles. The maximum absolute atomic E-state index is 5.86. The number of hydrogen-bond acceptors (Lipinski definition) is 6. The summed E-state index contributed by atoms with van der Waals surface area (Å²) in [4.78, 5) is 11.4. The van der Waals surface area contributed by atoms with Crippen molar-refractivity contribution in [2.45, 2.75) is 52.1 Å². The molecule has 1 aromatic carbocycles. The maximum atomic E-state index is 5.86. The summed E-state index contributed by atoms with van der Waals surface area (Å²) in [5.74, 6) is 3.85. The van der Waals surface area contributed by atoms with Crippen LogP contribution in [0.3, 0.4) is 0 Å². The Morgan fingerprint density at radius 1 is 1.23 bits per heavy atom. The van der Waals surface area contributed by atoms with Gasteiger partial charge in [-0.2, -0.15) is 0 Å². The van der Waals surface area contributed by atoms with Crippen LogP contribution in [-0.4, -0.2) is 50.8 Å². The average molecular weight is 430 g/mol. The van der Waals surface area contributed by atoms with Gasteiger partial charge in [-0.05, 0) is 13.3 Å². The van der Waals surface area contributed by atoms with E-state index in [0.29, 0.717) is 12.4 Å². The third kappa shape index (κ3) is 6.06. The third-order valence-electron chi connectivity index (χ3n) is 5.24. The first-order chi connectivity index (χ1) is 14.8. The van der Waals surface area contributed by atoms with E-state index in [1.54, 1.807) is 20.4 Å². The van der Waals surface area contributed by atoms with Crippen LogP contribution >= 0.6 is 0 Å². The van der Waals surface area contributed by atoms with Crippen molar-refractivity contribution in [1.29, 1.82) is 0 Å². The Morgan fingerprint density at radius 2 is 1.94 bits per heavy atom. The molecule has 2 heterocycles. The van der Waals surface area contributed by atoms with Crippen LogP contribution in [0.5, 0.6) is 11.5 Å². The molecule has 8 nitrogen and oxygen atoms in total. The number of nitrogens with zero attached hydrogens (tertiary/aromatic N) is 3. The number of nitrogens with one attached hydrogen (secondary N) is 2. The fourth-order valence-corrected chi connectivity index (χ4v) is 3.48. The van der Waals surface area contributed by atoms with Crippen LogP contribution < -0.4 is 25.0 Å². The van der Waals surface area contributed by atoms with Crippen LogP contribution in [-0.2, 0) is 12.0 Å². The van der Waals surface area contributed by atoms with Crippen LogP contribution in [0.15, 0.2) is 33.8 Å². The fraction of sp³-hybridized carbons (Fsp3) is 0.565. The molecule has 1 atom stereocenters. The number of benzene rings is 1. The van der Waals surface area contributed by atoms with Crippen molar-refractivity contribution in [2.75, 3.05) is 38.8 Å². The van der Waals surface area contributed by atoms with Crippen molar-refractivity contribution in [2.24, 2.45) is 4.99 Å².